The number of hydrogen-bond donors (Lipinski definition) is 2. The van der Waals surface area contributed by atoms with Crippen molar-refractivity contribution in [1.29, 1.82) is 0 Å². The Kier molecular flexibility index (Phi) is 2.82. The maximum Gasteiger partial charge on any atom is 0.352 e. The minimum Gasteiger partial charge on any atom is -0.494 e. The van der Waals surface area contributed by atoms with E-state index in [4.69, 9.17) is 9.84 Å². The van der Waals surface area contributed by atoms with E-state index in [0.717, 1.165) is 0 Å². The van der Waals surface area contributed by atoms with Gasteiger partial charge in [-0.15, -0.1) is 0 Å². The first-order valence-electron chi connectivity index (χ1n) is 4.88. The molecule has 0 aliphatic rings. The summed E-state index contributed by atoms with van der Waals surface area (Å²) in [6.45, 7) is 0. The van der Waals surface area contributed by atoms with Crippen molar-refractivity contribution in [2.24, 2.45) is 0 Å². The van der Waals surface area contributed by atoms with E-state index in [9.17, 15) is 9.18 Å². The number of ether oxygens (including phenoxy) is 1. The normalized spacial score (nSPS) is 10.2. The maximum atomic E-state index is 13.5. The van der Waals surface area contributed by atoms with Crippen molar-refractivity contribution in [2.45, 2.75) is 0 Å². The number of methoxy groups -OCH3 is 1. The standard InChI is InChI=1S/C12H10FNO3/c1-17-10-3-2-7(6-9(10)13)8-4-5-14-11(8)12(15)16/h2-6,14H,1H3,(H,15,16). The molecule has 5 heteroatoms. The van der Waals surface area contributed by atoms with Crippen molar-refractivity contribution in [3.05, 3.63) is 42.0 Å². The summed E-state index contributed by atoms with van der Waals surface area (Å²) in [5, 5.41) is 8.94. The number of carbonyl (C=O) groups is 1. The number of rotatable bonds is 3. The van der Waals surface area contributed by atoms with Crippen LogP contribution in [0.1, 0.15) is 10.5 Å². The largest absolute Gasteiger partial charge is 0.494 e. The molecule has 0 atom stereocenters. The number of hydrogen-bond acceptors (Lipinski definition) is 2. The third kappa shape index (κ3) is 1.99. The SMILES string of the molecule is COc1ccc(-c2cc[nH]c2C(=O)O)cc1F. The molecule has 2 rings (SSSR count). The van der Waals surface area contributed by atoms with E-state index in [0.29, 0.717) is 11.1 Å². The second-order valence-corrected chi connectivity index (χ2v) is 3.42. The molecule has 0 aliphatic carbocycles. The van der Waals surface area contributed by atoms with E-state index in [1.807, 2.05) is 0 Å². The predicted molar refractivity (Wildman–Crippen MR) is 59.7 cm³/mol. The summed E-state index contributed by atoms with van der Waals surface area (Å²) in [5.41, 5.74) is 0.968. The summed E-state index contributed by atoms with van der Waals surface area (Å²) in [6.07, 6.45) is 1.50. The van der Waals surface area contributed by atoms with Gasteiger partial charge in [0.15, 0.2) is 11.6 Å². The van der Waals surface area contributed by atoms with Crippen molar-refractivity contribution >= 4 is 5.97 Å². The molecule has 0 radical (unpaired) electrons. The molecule has 17 heavy (non-hydrogen) atoms. The van der Waals surface area contributed by atoms with Gasteiger partial charge in [-0.3, -0.25) is 0 Å². The van der Waals surface area contributed by atoms with Crippen LogP contribution in [0.25, 0.3) is 11.1 Å². The molecule has 2 aromatic rings. The number of aromatic carboxylic acids is 1. The van der Waals surface area contributed by atoms with Gasteiger partial charge in [0.25, 0.3) is 0 Å². The van der Waals surface area contributed by atoms with Crippen molar-refractivity contribution in [2.75, 3.05) is 7.11 Å². The van der Waals surface area contributed by atoms with E-state index < -0.39 is 11.8 Å². The molecular formula is C12H10FNO3. The summed E-state index contributed by atoms with van der Waals surface area (Å²) >= 11 is 0. The van der Waals surface area contributed by atoms with Gasteiger partial charge in [-0.1, -0.05) is 6.07 Å². The number of aromatic nitrogens is 1. The number of carboxylic acid groups (broad SMARTS) is 1. The van der Waals surface area contributed by atoms with Crippen LogP contribution in [0, 0.1) is 5.82 Å². The van der Waals surface area contributed by atoms with Gasteiger partial charge in [-0.05, 0) is 23.8 Å². The average Bonchev–Trinajstić information content (AvgIpc) is 2.77. The Hall–Kier alpha value is -2.30. The van der Waals surface area contributed by atoms with Crippen LogP contribution in [-0.2, 0) is 0 Å². The highest BCUT2D eigenvalue weighted by Crippen LogP contribution is 2.27. The summed E-state index contributed by atoms with van der Waals surface area (Å²) in [6, 6.07) is 5.90. The van der Waals surface area contributed by atoms with E-state index in [1.54, 1.807) is 12.1 Å². The van der Waals surface area contributed by atoms with Gasteiger partial charge in [0.2, 0.25) is 0 Å². The topological polar surface area (TPSA) is 62.3 Å². The lowest BCUT2D eigenvalue weighted by Gasteiger charge is -2.04. The van der Waals surface area contributed by atoms with Crippen molar-refractivity contribution < 1.29 is 19.0 Å². The quantitative estimate of drug-likeness (QED) is 0.859. The zero-order chi connectivity index (χ0) is 12.4. The average molecular weight is 235 g/mol. The van der Waals surface area contributed by atoms with Gasteiger partial charge in [-0.2, -0.15) is 0 Å². The summed E-state index contributed by atoms with van der Waals surface area (Å²) in [4.78, 5) is 13.5. The fraction of sp³-hybridized carbons (Fsp3) is 0.0833. The van der Waals surface area contributed by atoms with Crippen LogP contribution >= 0.6 is 0 Å². The van der Waals surface area contributed by atoms with Crippen LogP contribution in [0.15, 0.2) is 30.5 Å². The van der Waals surface area contributed by atoms with Crippen LogP contribution in [0.3, 0.4) is 0 Å². The Morgan fingerprint density at radius 3 is 2.76 bits per heavy atom. The van der Waals surface area contributed by atoms with Gasteiger partial charge in [0.05, 0.1) is 7.11 Å². The van der Waals surface area contributed by atoms with Crippen LogP contribution in [-0.4, -0.2) is 23.2 Å². The Morgan fingerprint density at radius 2 is 2.18 bits per heavy atom. The van der Waals surface area contributed by atoms with E-state index in [-0.39, 0.29) is 11.4 Å². The molecule has 0 unspecified atom stereocenters. The third-order valence-corrected chi connectivity index (χ3v) is 2.42. The van der Waals surface area contributed by atoms with Crippen molar-refractivity contribution in [1.82, 2.24) is 4.98 Å². The summed E-state index contributed by atoms with van der Waals surface area (Å²) < 4.78 is 18.3. The third-order valence-electron chi connectivity index (χ3n) is 2.42. The zero-order valence-corrected chi connectivity index (χ0v) is 9.03. The smallest absolute Gasteiger partial charge is 0.352 e. The van der Waals surface area contributed by atoms with Gasteiger partial charge in [0, 0.05) is 11.8 Å². The lowest BCUT2D eigenvalue weighted by Crippen LogP contribution is -1.99. The highest BCUT2D eigenvalue weighted by Gasteiger charge is 2.14. The van der Waals surface area contributed by atoms with Crippen molar-refractivity contribution in [3.63, 3.8) is 0 Å². The molecule has 0 bridgehead atoms. The lowest BCUT2D eigenvalue weighted by molar-refractivity contribution is 0.0692. The highest BCUT2D eigenvalue weighted by molar-refractivity contribution is 5.94. The summed E-state index contributed by atoms with van der Waals surface area (Å²) in [5.74, 6) is -1.48. The minimum absolute atomic E-state index is 0.0366. The minimum atomic E-state index is -1.08. The first-order chi connectivity index (χ1) is 8.13. The number of carboxylic acids is 1. The van der Waals surface area contributed by atoms with Gasteiger partial charge >= 0.3 is 5.97 Å². The summed E-state index contributed by atoms with van der Waals surface area (Å²) in [7, 11) is 1.37. The second-order valence-electron chi connectivity index (χ2n) is 3.42. The fourth-order valence-corrected chi connectivity index (χ4v) is 1.62. The number of benzene rings is 1. The molecule has 88 valence electrons. The second kappa shape index (κ2) is 4.29. The fourth-order valence-electron chi connectivity index (χ4n) is 1.62. The molecule has 1 aromatic carbocycles. The Labute approximate surface area is 96.7 Å². The van der Waals surface area contributed by atoms with Gasteiger partial charge in [-0.25, -0.2) is 9.18 Å². The number of nitrogens with one attached hydrogen (secondary N) is 1. The van der Waals surface area contributed by atoms with E-state index >= 15 is 0 Å². The van der Waals surface area contributed by atoms with Crippen molar-refractivity contribution in [3.8, 4) is 16.9 Å². The van der Waals surface area contributed by atoms with E-state index in [2.05, 4.69) is 4.98 Å². The van der Waals surface area contributed by atoms with Crippen LogP contribution in [0.4, 0.5) is 4.39 Å². The first-order valence-corrected chi connectivity index (χ1v) is 4.88. The van der Waals surface area contributed by atoms with Crippen LogP contribution < -0.4 is 4.74 Å². The van der Waals surface area contributed by atoms with Crippen LogP contribution in [0.5, 0.6) is 5.75 Å². The Balaban J connectivity index is 2.50. The molecule has 4 nitrogen and oxygen atoms in total. The number of halogens is 1. The maximum absolute atomic E-state index is 13.5. The molecular weight excluding hydrogens is 225 g/mol. The first kappa shape index (κ1) is 11.2. The lowest BCUT2D eigenvalue weighted by atomic mass is 10.1. The Morgan fingerprint density at radius 1 is 1.41 bits per heavy atom. The molecule has 0 amide bonds. The molecule has 0 spiro atoms. The molecule has 0 fully saturated rings. The Bertz CT molecular complexity index is 563. The zero-order valence-electron chi connectivity index (χ0n) is 9.03. The predicted octanol–water partition coefficient (Wildman–Crippen LogP) is 2.53. The molecule has 0 saturated heterocycles. The molecule has 0 aliphatic heterocycles. The molecule has 1 aromatic heterocycles. The molecule has 1 heterocycles. The van der Waals surface area contributed by atoms with Gasteiger partial charge in [0.1, 0.15) is 5.69 Å². The molecule has 0 saturated carbocycles. The number of H-pyrrole nitrogens is 1. The monoisotopic (exact) mass is 235 g/mol. The van der Waals surface area contributed by atoms with E-state index in [1.165, 1.54) is 25.4 Å². The van der Waals surface area contributed by atoms with Gasteiger partial charge < -0.3 is 14.8 Å². The molecule has 2 N–H and O–H groups in total. The highest BCUT2D eigenvalue weighted by atomic mass is 19.1. The number of aromatic amines is 1. The van der Waals surface area contributed by atoms with Crippen LogP contribution in [0.2, 0.25) is 0 Å².